The van der Waals surface area contributed by atoms with Crippen molar-refractivity contribution in [1.82, 2.24) is 4.57 Å². The molecule has 1 N–H and O–H groups in total. The number of halogens is 4. The summed E-state index contributed by atoms with van der Waals surface area (Å²) in [5, 5.41) is 12.6. The summed E-state index contributed by atoms with van der Waals surface area (Å²) in [6, 6.07) is 13.0. The van der Waals surface area contributed by atoms with Crippen LogP contribution in [0.2, 0.25) is 15.1 Å². The minimum Gasteiger partial charge on any atom is -0.320 e. The SMILES string of the molecule is Cc1cc(/C=C(/C#N)C(=O)Nc2cccc(Cl)c2Cl)c(C)n1-c1ccc(F)c(Cl)c1. The van der Waals surface area contributed by atoms with Crippen molar-refractivity contribution in [1.29, 1.82) is 5.26 Å². The molecule has 152 valence electrons. The number of anilines is 1. The van der Waals surface area contributed by atoms with Crippen LogP contribution in [-0.2, 0) is 4.79 Å². The molecule has 3 rings (SSSR count). The molecule has 0 bridgehead atoms. The standard InChI is InChI=1S/C22H15Cl3FN3O/c1-12-8-14(13(2)29(12)16-6-7-19(26)18(24)10-16)9-15(11-27)22(30)28-20-5-3-4-17(23)21(20)25/h3-10H,1-2H3,(H,28,30)/b15-9-. The van der Waals surface area contributed by atoms with E-state index >= 15 is 0 Å². The van der Waals surface area contributed by atoms with E-state index in [-0.39, 0.29) is 15.6 Å². The predicted octanol–water partition coefficient (Wildman–Crippen LogP) is 6.74. The van der Waals surface area contributed by atoms with Crippen LogP contribution in [0.5, 0.6) is 0 Å². The fraction of sp³-hybridized carbons (Fsp3) is 0.0909. The molecule has 3 aromatic rings. The molecule has 4 nitrogen and oxygen atoms in total. The zero-order valence-corrected chi connectivity index (χ0v) is 18.2. The Bertz CT molecular complexity index is 1230. The van der Waals surface area contributed by atoms with Crippen LogP contribution in [0.15, 0.2) is 48.0 Å². The molecule has 0 radical (unpaired) electrons. The van der Waals surface area contributed by atoms with Crippen LogP contribution >= 0.6 is 34.8 Å². The summed E-state index contributed by atoms with van der Waals surface area (Å²) in [6.45, 7) is 3.69. The van der Waals surface area contributed by atoms with Gasteiger partial charge in [-0.3, -0.25) is 4.79 Å². The average molecular weight is 463 g/mol. The lowest BCUT2D eigenvalue weighted by Crippen LogP contribution is -2.13. The first kappa shape index (κ1) is 21.9. The van der Waals surface area contributed by atoms with Crippen molar-refractivity contribution in [3.63, 3.8) is 0 Å². The third-order valence-corrected chi connectivity index (χ3v) is 5.60. The second-order valence-corrected chi connectivity index (χ2v) is 7.68. The van der Waals surface area contributed by atoms with Crippen LogP contribution in [-0.4, -0.2) is 10.5 Å². The Morgan fingerprint density at radius 1 is 1.13 bits per heavy atom. The first-order chi connectivity index (χ1) is 14.2. The molecule has 1 amide bonds. The molecule has 0 fully saturated rings. The van der Waals surface area contributed by atoms with Crippen molar-refractivity contribution in [2.75, 3.05) is 5.32 Å². The van der Waals surface area contributed by atoms with E-state index in [1.54, 1.807) is 24.3 Å². The maximum absolute atomic E-state index is 13.5. The Balaban J connectivity index is 1.96. The highest BCUT2D eigenvalue weighted by Crippen LogP contribution is 2.30. The largest absolute Gasteiger partial charge is 0.320 e. The third kappa shape index (κ3) is 4.36. The third-order valence-electron chi connectivity index (χ3n) is 4.50. The van der Waals surface area contributed by atoms with Crippen LogP contribution in [0.4, 0.5) is 10.1 Å². The molecule has 1 heterocycles. The Hall–Kier alpha value is -2.78. The van der Waals surface area contributed by atoms with Gasteiger partial charge in [0.05, 0.1) is 20.8 Å². The fourth-order valence-corrected chi connectivity index (χ4v) is 3.57. The molecule has 0 aliphatic rings. The van der Waals surface area contributed by atoms with Crippen molar-refractivity contribution < 1.29 is 9.18 Å². The van der Waals surface area contributed by atoms with Crippen molar-refractivity contribution in [2.24, 2.45) is 0 Å². The second kappa shape index (κ2) is 8.93. The highest BCUT2D eigenvalue weighted by atomic mass is 35.5. The van der Waals surface area contributed by atoms with Gasteiger partial charge >= 0.3 is 0 Å². The van der Waals surface area contributed by atoms with Gasteiger partial charge in [-0.05, 0) is 61.9 Å². The molecular weight excluding hydrogens is 448 g/mol. The number of aromatic nitrogens is 1. The zero-order chi connectivity index (χ0) is 22.0. The Morgan fingerprint density at radius 3 is 2.53 bits per heavy atom. The van der Waals surface area contributed by atoms with E-state index in [9.17, 15) is 14.4 Å². The van der Waals surface area contributed by atoms with Crippen molar-refractivity contribution >= 4 is 52.5 Å². The second-order valence-electron chi connectivity index (χ2n) is 6.49. The number of rotatable bonds is 4. The van der Waals surface area contributed by atoms with E-state index in [0.29, 0.717) is 22.0 Å². The van der Waals surface area contributed by atoms with E-state index in [2.05, 4.69) is 5.32 Å². The summed E-state index contributed by atoms with van der Waals surface area (Å²) in [7, 11) is 0. The van der Waals surface area contributed by atoms with Gasteiger partial charge < -0.3 is 9.88 Å². The number of aryl methyl sites for hydroxylation is 1. The topological polar surface area (TPSA) is 57.8 Å². The van der Waals surface area contributed by atoms with Gasteiger partial charge in [-0.2, -0.15) is 5.26 Å². The summed E-state index contributed by atoms with van der Waals surface area (Å²) in [5.74, 6) is -1.12. The number of nitrogens with zero attached hydrogens (tertiary/aromatic N) is 2. The molecule has 2 aromatic carbocycles. The maximum atomic E-state index is 13.5. The number of carbonyl (C=O) groups excluding carboxylic acids is 1. The highest BCUT2D eigenvalue weighted by Gasteiger charge is 2.16. The van der Waals surface area contributed by atoms with E-state index in [4.69, 9.17) is 34.8 Å². The van der Waals surface area contributed by atoms with Crippen LogP contribution in [0.1, 0.15) is 17.0 Å². The molecule has 0 saturated heterocycles. The van der Waals surface area contributed by atoms with Gasteiger partial charge in [0.1, 0.15) is 17.5 Å². The van der Waals surface area contributed by atoms with Gasteiger partial charge in [-0.25, -0.2) is 4.39 Å². The smallest absolute Gasteiger partial charge is 0.266 e. The number of nitriles is 1. The van der Waals surface area contributed by atoms with Gasteiger partial charge in [0.15, 0.2) is 0 Å². The lowest BCUT2D eigenvalue weighted by Gasteiger charge is -2.10. The lowest BCUT2D eigenvalue weighted by atomic mass is 10.1. The highest BCUT2D eigenvalue weighted by molar-refractivity contribution is 6.44. The van der Waals surface area contributed by atoms with Gasteiger partial charge in [0.2, 0.25) is 0 Å². The molecule has 0 aliphatic carbocycles. The number of carbonyl (C=O) groups is 1. The quantitative estimate of drug-likeness (QED) is 0.345. The molecule has 0 aliphatic heterocycles. The molecular formula is C22H15Cl3FN3O. The minimum atomic E-state index is -0.615. The molecule has 1 aromatic heterocycles. The van der Waals surface area contributed by atoms with Gasteiger partial charge in [0.25, 0.3) is 5.91 Å². The summed E-state index contributed by atoms with van der Waals surface area (Å²) >= 11 is 18.0. The molecule has 30 heavy (non-hydrogen) atoms. The van der Waals surface area contributed by atoms with Crippen LogP contribution < -0.4 is 5.32 Å². The van der Waals surface area contributed by atoms with Crippen molar-refractivity contribution in [3.05, 3.63) is 85.9 Å². The monoisotopic (exact) mass is 461 g/mol. The molecule has 0 unspecified atom stereocenters. The zero-order valence-electron chi connectivity index (χ0n) is 15.9. The molecule has 8 heteroatoms. The predicted molar refractivity (Wildman–Crippen MR) is 119 cm³/mol. The maximum Gasteiger partial charge on any atom is 0.266 e. The summed E-state index contributed by atoms with van der Waals surface area (Å²) < 4.78 is 15.4. The first-order valence-corrected chi connectivity index (χ1v) is 9.88. The van der Waals surface area contributed by atoms with E-state index in [0.717, 1.165) is 11.4 Å². The van der Waals surface area contributed by atoms with E-state index in [1.807, 2.05) is 30.6 Å². The molecule has 0 atom stereocenters. The average Bonchev–Trinajstić information content (AvgIpc) is 2.98. The first-order valence-electron chi connectivity index (χ1n) is 8.74. The molecule has 0 spiro atoms. The minimum absolute atomic E-state index is 0.00702. The Morgan fingerprint density at radius 2 is 1.87 bits per heavy atom. The Labute approximate surface area is 188 Å². The van der Waals surface area contributed by atoms with Crippen molar-refractivity contribution in [3.8, 4) is 11.8 Å². The Kier molecular flexibility index (Phi) is 6.52. The fourth-order valence-electron chi connectivity index (χ4n) is 3.05. The summed E-state index contributed by atoms with van der Waals surface area (Å²) in [5.41, 5.74) is 3.13. The summed E-state index contributed by atoms with van der Waals surface area (Å²) in [6.07, 6.45) is 1.48. The normalized spacial score (nSPS) is 11.3. The van der Waals surface area contributed by atoms with Gasteiger partial charge in [-0.1, -0.05) is 40.9 Å². The van der Waals surface area contributed by atoms with E-state index < -0.39 is 11.7 Å². The van der Waals surface area contributed by atoms with Crippen molar-refractivity contribution in [2.45, 2.75) is 13.8 Å². The summed E-state index contributed by atoms with van der Waals surface area (Å²) in [4.78, 5) is 12.6. The lowest BCUT2D eigenvalue weighted by molar-refractivity contribution is -0.112. The number of hydrogen-bond donors (Lipinski definition) is 1. The van der Waals surface area contributed by atoms with Gasteiger partial charge in [-0.15, -0.1) is 0 Å². The number of hydrogen-bond acceptors (Lipinski definition) is 2. The number of benzene rings is 2. The van der Waals surface area contributed by atoms with E-state index in [1.165, 1.54) is 18.2 Å². The van der Waals surface area contributed by atoms with Gasteiger partial charge in [0, 0.05) is 17.1 Å². The molecule has 0 saturated carbocycles. The number of amides is 1. The van der Waals surface area contributed by atoms with Crippen LogP contribution in [0.25, 0.3) is 11.8 Å². The number of nitrogens with one attached hydrogen (secondary N) is 1. The van der Waals surface area contributed by atoms with Crippen LogP contribution in [0.3, 0.4) is 0 Å². The van der Waals surface area contributed by atoms with Crippen LogP contribution in [0, 0.1) is 31.0 Å².